The smallest absolute Gasteiger partial charge is 0.327 e. The highest BCUT2D eigenvalue weighted by molar-refractivity contribution is 5.94. The second-order valence-corrected chi connectivity index (χ2v) is 7.11. The third-order valence-corrected chi connectivity index (χ3v) is 5.18. The predicted octanol–water partition coefficient (Wildman–Crippen LogP) is 2.07. The molecule has 1 atom stereocenters. The number of benzene rings is 2. The molecule has 2 N–H and O–H groups in total. The van der Waals surface area contributed by atoms with Gasteiger partial charge in [-0.1, -0.05) is 24.3 Å². The van der Waals surface area contributed by atoms with Gasteiger partial charge in [0, 0.05) is 11.3 Å². The van der Waals surface area contributed by atoms with Crippen LogP contribution in [0.3, 0.4) is 0 Å². The third-order valence-electron chi connectivity index (χ3n) is 5.18. The van der Waals surface area contributed by atoms with E-state index in [2.05, 4.69) is 5.32 Å². The normalized spacial score (nSPS) is 16.3. The molecule has 1 aliphatic rings. The van der Waals surface area contributed by atoms with Gasteiger partial charge in [-0.05, 0) is 37.3 Å². The summed E-state index contributed by atoms with van der Waals surface area (Å²) >= 11 is 0. The van der Waals surface area contributed by atoms with E-state index in [4.69, 9.17) is 0 Å². The van der Waals surface area contributed by atoms with E-state index < -0.39 is 17.8 Å². The van der Waals surface area contributed by atoms with Gasteiger partial charge in [0.15, 0.2) is 6.04 Å². The number of rotatable bonds is 4. The van der Waals surface area contributed by atoms with Crippen molar-refractivity contribution < 1.29 is 27.7 Å². The van der Waals surface area contributed by atoms with Gasteiger partial charge in [0.2, 0.25) is 0 Å². The molecule has 0 bridgehead atoms. The zero-order valence-corrected chi connectivity index (χ0v) is 16.0. The van der Waals surface area contributed by atoms with E-state index in [1.54, 1.807) is 24.0 Å². The molecule has 1 heterocycles. The molecule has 154 valence electrons. The van der Waals surface area contributed by atoms with Gasteiger partial charge in [-0.2, -0.15) is 13.2 Å². The highest BCUT2D eigenvalue weighted by atomic mass is 19.4. The van der Waals surface area contributed by atoms with Crippen LogP contribution < -0.4 is 10.2 Å². The molecular weight excluding hydrogens is 383 g/mol. The summed E-state index contributed by atoms with van der Waals surface area (Å²) in [5.41, 5.74) is -0.0522. The van der Waals surface area contributed by atoms with Gasteiger partial charge >= 0.3 is 6.18 Å². The Kier molecular flexibility index (Phi) is 6.22. The summed E-state index contributed by atoms with van der Waals surface area (Å²) < 4.78 is 38.5. The second kappa shape index (κ2) is 8.65. The van der Waals surface area contributed by atoms with Crippen LogP contribution in [0.15, 0.2) is 54.6 Å². The molecule has 0 aliphatic carbocycles. The van der Waals surface area contributed by atoms with Gasteiger partial charge in [0.25, 0.3) is 11.8 Å². The average molecular weight is 406 g/mol. The summed E-state index contributed by atoms with van der Waals surface area (Å²) in [4.78, 5) is 27.8. The van der Waals surface area contributed by atoms with Crippen molar-refractivity contribution >= 4 is 17.5 Å². The van der Waals surface area contributed by atoms with Crippen LogP contribution in [-0.4, -0.2) is 48.9 Å². The fourth-order valence-electron chi connectivity index (χ4n) is 3.40. The molecule has 3 rings (SSSR count). The zero-order valence-electron chi connectivity index (χ0n) is 16.0. The lowest BCUT2D eigenvalue weighted by Gasteiger charge is -2.34. The number of halogens is 3. The highest BCUT2D eigenvalue weighted by Gasteiger charge is 2.32. The quantitative estimate of drug-likeness (QED) is 0.817. The van der Waals surface area contributed by atoms with Crippen molar-refractivity contribution in [2.24, 2.45) is 0 Å². The number of amides is 2. The minimum absolute atomic E-state index is 0.0364. The van der Waals surface area contributed by atoms with Crippen LogP contribution in [0.1, 0.15) is 22.8 Å². The fourth-order valence-corrected chi connectivity index (χ4v) is 3.40. The maximum atomic E-state index is 12.8. The Bertz CT molecular complexity index is 863. The highest BCUT2D eigenvalue weighted by Crippen LogP contribution is 2.30. The molecule has 2 amide bonds. The van der Waals surface area contributed by atoms with E-state index in [-0.39, 0.29) is 17.5 Å². The minimum atomic E-state index is -4.46. The molecule has 0 unspecified atom stereocenters. The minimum Gasteiger partial charge on any atom is -0.327 e. The topological polar surface area (TPSA) is 53.9 Å². The van der Waals surface area contributed by atoms with Crippen molar-refractivity contribution in [1.29, 1.82) is 0 Å². The molecule has 0 radical (unpaired) electrons. The number of nitrogens with zero attached hydrogens (tertiary/aromatic N) is 1. The Morgan fingerprint density at radius 1 is 1.03 bits per heavy atom. The number of carbonyl (C=O) groups is 2. The van der Waals surface area contributed by atoms with E-state index in [9.17, 15) is 22.8 Å². The van der Waals surface area contributed by atoms with Gasteiger partial charge in [-0.25, -0.2) is 0 Å². The lowest BCUT2D eigenvalue weighted by molar-refractivity contribution is -0.917. The maximum absolute atomic E-state index is 12.8. The first-order valence-corrected chi connectivity index (χ1v) is 9.43. The van der Waals surface area contributed by atoms with Crippen molar-refractivity contribution in [2.75, 3.05) is 31.5 Å². The van der Waals surface area contributed by atoms with E-state index in [1.165, 1.54) is 12.1 Å². The standard InChI is InChI=1S/C21H22F3N3O2/c1-15(19(28)25-18-9-5-8-17(14-18)21(22,23)24)26-10-12-27(13-11-26)20(29)16-6-3-2-4-7-16/h2-9,14-15H,10-13H2,1H3,(H,25,28)/p+1/t15-/m1/s1. The van der Waals surface area contributed by atoms with Crippen molar-refractivity contribution in [3.05, 3.63) is 65.7 Å². The summed E-state index contributed by atoms with van der Waals surface area (Å²) in [7, 11) is 0. The largest absolute Gasteiger partial charge is 0.416 e. The van der Waals surface area contributed by atoms with Gasteiger partial charge in [-0.15, -0.1) is 0 Å². The molecule has 29 heavy (non-hydrogen) atoms. The van der Waals surface area contributed by atoms with Crippen LogP contribution in [0.2, 0.25) is 0 Å². The van der Waals surface area contributed by atoms with Crippen LogP contribution in [0, 0.1) is 0 Å². The van der Waals surface area contributed by atoms with Crippen LogP contribution >= 0.6 is 0 Å². The van der Waals surface area contributed by atoms with Gasteiger partial charge < -0.3 is 15.1 Å². The Hall–Kier alpha value is -2.87. The molecule has 0 aromatic heterocycles. The first-order valence-electron chi connectivity index (χ1n) is 9.43. The van der Waals surface area contributed by atoms with Gasteiger partial charge in [-0.3, -0.25) is 9.59 Å². The number of hydrogen-bond acceptors (Lipinski definition) is 2. The van der Waals surface area contributed by atoms with E-state index >= 15 is 0 Å². The number of carbonyl (C=O) groups excluding carboxylic acids is 2. The number of anilines is 1. The first kappa shape index (κ1) is 20.9. The monoisotopic (exact) mass is 406 g/mol. The second-order valence-electron chi connectivity index (χ2n) is 7.11. The lowest BCUT2D eigenvalue weighted by atomic mass is 10.1. The average Bonchev–Trinajstić information content (AvgIpc) is 2.73. The van der Waals surface area contributed by atoms with Crippen LogP contribution in [0.25, 0.3) is 0 Å². The van der Waals surface area contributed by atoms with Crippen LogP contribution in [0.4, 0.5) is 18.9 Å². The SMILES string of the molecule is C[C@H](C(=O)Nc1cccc(C(F)(F)F)c1)[NH+]1CCN(C(=O)c2ccccc2)CC1. The number of alkyl halides is 3. The Labute approximate surface area is 167 Å². The number of hydrogen-bond donors (Lipinski definition) is 2. The number of quaternary nitrogens is 1. The fraction of sp³-hybridized carbons (Fsp3) is 0.333. The molecule has 1 fully saturated rings. The maximum Gasteiger partial charge on any atom is 0.416 e. The summed E-state index contributed by atoms with van der Waals surface area (Å²) in [6, 6.07) is 13.2. The first-order chi connectivity index (χ1) is 13.8. The molecule has 0 saturated carbocycles. The molecule has 8 heteroatoms. The van der Waals surface area contributed by atoms with Crippen molar-refractivity contribution in [2.45, 2.75) is 19.1 Å². The van der Waals surface area contributed by atoms with Gasteiger partial charge in [0.1, 0.15) is 0 Å². The molecule has 1 aliphatic heterocycles. The summed E-state index contributed by atoms with van der Waals surface area (Å²) in [6.07, 6.45) is -4.46. The van der Waals surface area contributed by atoms with E-state index in [0.717, 1.165) is 17.0 Å². The Morgan fingerprint density at radius 3 is 2.31 bits per heavy atom. The van der Waals surface area contributed by atoms with E-state index in [0.29, 0.717) is 31.7 Å². The summed E-state index contributed by atoms with van der Waals surface area (Å²) in [5.74, 6) is -0.382. The Morgan fingerprint density at radius 2 is 1.69 bits per heavy atom. The van der Waals surface area contributed by atoms with Crippen molar-refractivity contribution in [1.82, 2.24) is 4.90 Å². The Balaban J connectivity index is 1.56. The summed E-state index contributed by atoms with van der Waals surface area (Å²) in [5, 5.41) is 2.57. The van der Waals surface area contributed by atoms with E-state index in [1.807, 2.05) is 18.2 Å². The number of piperazine rings is 1. The molecule has 0 spiro atoms. The number of nitrogens with one attached hydrogen (secondary N) is 2. The zero-order chi connectivity index (χ0) is 21.0. The van der Waals surface area contributed by atoms with Crippen LogP contribution in [0.5, 0.6) is 0 Å². The lowest BCUT2D eigenvalue weighted by Crippen LogP contribution is -3.19. The van der Waals surface area contributed by atoms with Gasteiger partial charge in [0.05, 0.1) is 31.7 Å². The molecular formula is C21H23F3N3O2+. The predicted molar refractivity (Wildman–Crippen MR) is 103 cm³/mol. The van der Waals surface area contributed by atoms with Crippen LogP contribution in [-0.2, 0) is 11.0 Å². The molecule has 1 saturated heterocycles. The van der Waals surface area contributed by atoms with Crippen molar-refractivity contribution in [3.8, 4) is 0 Å². The summed E-state index contributed by atoms with van der Waals surface area (Å²) in [6.45, 7) is 3.97. The van der Waals surface area contributed by atoms with Crippen molar-refractivity contribution in [3.63, 3.8) is 0 Å². The molecule has 2 aromatic rings. The molecule has 2 aromatic carbocycles. The molecule has 5 nitrogen and oxygen atoms in total. The third kappa shape index (κ3) is 5.14.